The summed E-state index contributed by atoms with van der Waals surface area (Å²) >= 11 is 0. The lowest BCUT2D eigenvalue weighted by Gasteiger charge is -2.28. The van der Waals surface area contributed by atoms with Gasteiger partial charge in [-0.3, -0.25) is 0 Å². The standard InChI is InChI=1S/C18H34NO2/c1-7-8-13-19(5,6)15-18(20)21-14-12-17(4)11-9-10-16(2)3/h10,12H,7-9,11,13-15H2,1-6H3/q+1. The Morgan fingerprint density at radius 3 is 2.38 bits per heavy atom. The van der Waals surface area contributed by atoms with Gasteiger partial charge in [0, 0.05) is 0 Å². The van der Waals surface area contributed by atoms with Crippen LogP contribution in [0.4, 0.5) is 0 Å². The number of rotatable bonds is 10. The van der Waals surface area contributed by atoms with Crippen LogP contribution in [-0.2, 0) is 9.53 Å². The second-order valence-electron chi connectivity index (χ2n) is 6.72. The second kappa shape index (κ2) is 10.6. The van der Waals surface area contributed by atoms with E-state index in [9.17, 15) is 4.79 Å². The fourth-order valence-electron chi connectivity index (χ4n) is 2.03. The Bertz CT molecular complexity index is 363. The average molecular weight is 296 g/mol. The van der Waals surface area contributed by atoms with Gasteiger partial charge in [0.1, 0.15) is 6.61 Å². The molecule has 0 bridgehead atoms. The predicted molar refractivity (Wildman–Crippen MR) is 90.1 cm³/mol. The Labute approximate surface area is 131 Å². The number of quaternary nitrogens is 1. The minimum absolute atomic E-state index is 0.107. The number of carbonyl (C=O) groups excluding carboxylic acids is 1. The van der Waals surface area contributed by atoms with Crippen LogP contribution < -0.4 is 0 Å². The predicted octanol–water partition coefficient (Wildman–Crippen LogP) is 4.10. The number of carbonyl (C=O) groups is 1. The van der Waals surface area contributed by atoms with Crippen LogP contribution in [0.3, 0.4) is 0 Å². The van der Waals surface area contributed by atoms with Crippen LogP contribution >= 0.6 is 0 Å². The molecule has 0 fully saturated rings. The SMILES string of the molecule is CCCC[N+](C)(C)CC(=O)OCC=C(C)CCC=C(C)C. The van der Waals surface area contributed by atoms with Gasteiger partial charge in [-0.15, -0.1) is 0 Å². The topological polar surface area (TPSA) is 26.3 Å². The summed E-state index contributed by atoms with van der Waals surface area (Å²) in [6.45, 7) is 10.3. The Hall–Kier alpha value is -1.09. The second-order valence-corrected chi connectivity index (χ2v) is 6.72. The first kappa shape index (κ1) is 19.9. The summed E-state index contributed by atoms with van der Waals surface area (Å²) in [7, 11) is 4.16. The molecule has 0 rings (SSSR count). The van der Waals surface area contributed by atoms with Crippen LogP contribution in [0, 0.1) is 0 Å². The van der Waals surface area contributed by atoms with E-state index in [0.29, 0.717) is 17.6 Å². The lowest BCUT2D eigenvalue weighted by Crippen LogP contribution is -2.45. The maximum absolute atomic E-state index is 11.8. The summed E-state index contributed by atoms with van der Waals surface area (Å²) < 4.78 is 6.01. The molecule has 0 unspecified atom stereocenters. The highest BCUT2D eigenvalue weighted by Crippen LogP contribution is 2.07. The highest BCUT2D eigenvalue weighted by atomic mass is 16.5. The van der Waals surface area contributed by atoms with Gasteiger partial charge in [-0.2, -0.15) is 0 Å². The van der Waals surface area contributed by atoms with Crippen molar-refractivity contribution in [3.8, 4) is 0 Å². The van der Waals surface area contributed by atoms with Crippen LogP contribution in [0.1, 0.15) is 53.4 Å². The van der Waals surface area contributed by atoms with Crippen molar-refractivity contribution >= 4 is 5.97 Å². The number of unbranched alkanes of at least 4 members (excludes halogenated alkanes) is 1. The van der Waals surface area contributed by atoms with Gasteiger partial charge in [0.15, 0.2) is 6.54 Å². The maximum atomic E-state index is 11.8. The molecule has 3 heteroatoms. The largest absolute Gasteiger partial charge is 0.457 e. The number of nitrogens with zero attached hydrogens (tertiary/aromatic N) is 1. The fraction of sp³-hybridized carbons (Fsp3) is 0.722. The van der Waals surface area contributed by atoms with E-state index in [0.717, 1.165) is 32.2 Å². The van der Waals surface area contributed by atoms with Gasteiger partial charge in [0.2, 0.25) is 0 Å². The minimum atomic E-state index is -0.107. The molecule has 0 aromatic carbocycles. The van der Waals surface area contributed by atoms with Gasteiger partial charge < -0.3 is 9.22 Å². The van der Waals surface area contributed by atoms with E-state index in [1.807, 2.05) is 6.08 Å². The highest BCUT2D eigenvalue weighted by molar-refractivity contribution is 5.70. The van der Waals surface area contributed by atoms with E-state index in [-0.39, 0.29) is 5.97 Å². The Balaban J connectivity index is 3.99. The quantitative estimate of drug-likeness (QED) is 0.345. The first-order valence-electron chi connectivity index (χ1n) is 8.03. The van der Waals surface area contributed by atoms with Gasteiger partial charge >= 0.3 is 5.97 Å². The van der Waals surface area contributed by atoms with Gasteiger partial charge in [-0.05, 0) is 46.1 Å². The zero-order valence-corrected chi connectivity index (χ0v) is 14.9. The molecule has 0 aromatic heterocycles. The van der Waals surface area contributed by atoms with Crippen LogP contribution in [0.5, 0.6) is 0 Å². The number of esters is 1. The van der Waals surface area contributed by atoms with Crippen LogP contribution in [0.15, 0.2) is 23.3 Å². The summed E-state index contributed by atoms with van der Waals surface area (Å²) in [5, 5.41) is 0. The van der Waals surface area contributed by atoms with Gasteiger partial charge in [-0.1, -0.05) is 30.6 Å². The first-order chi connectivity index (χ1) is 9.76. The minimum Gasteiger partial charge on any atom is -0.457 e. The molecule has 0 saturated heterocycles. The number of likely N-dealkylation sites (N-methyl/N-ethyl adjacent to an activating group) is 1. The molecule has 0 aliphatic carbocycles. The molecule has 3 nitrogen and oxygen atoms in total. The summed E-state index contributed by atoms with van der Waals surface area (Å²) in [4.78, 5) is 11.8. The first-order valence-corrected chi connectivity index (χ1v) is 8.03. The van der Waals surface area contributed by atoms with E-state index in [4.69, 9.17) is 4.74 Å². The normalized spacial score (nSPS) is 12.2. The number of hydrogen-bond acceptors (Lipinski definition) is 2. The van der Waals surface area contributed by atoms with E-state index in [1.54, 1.807) is 0 Å². The molecule has 0 radical (unpaired) electrons. The molecule has 0 amide bonds. The van der Waals surface area contributed by atoms with Crippen molar-refractivity contribution in [2.75, 3.05) is 33.8 Å². The Kier molecular flexibility index (Phi) is 10.1. The molecule has 0 atom stereocenters. The number of ether oxygens (including phenoxy) is 1. The molecular formula is C18H34NO2+. The molecule has 0 heterocycles. The Morgan fingerprint density at radius 1 is 1.14 bits per heavy atom. The summed E-state index contributed by atoms with van der Waals surface area (Å²) in [6, 6.07) is 0. The smallest absolute Gasteiger partial charge is 0.362 e. The Morgan fingerprint density at radius 2 is 1.81 bits per heavy atom. The van der Waals surface area contributed by atoms with Crippen molar-refractivity contribution in [3.05, 3.63) is 23.3 Å². The van der Waals surface area contributed by atoms with Crippen LogP contribution in [-0.4, -0.2) is 44.2 Å². The molecular weight excluding hydrogens is 262 g/mol. The lowest BCUT2D eigenvalue weighted by atomic mass is 10.1. The van der Waals surface area contributed by atoms with Gasteiger partial charge in [0.05, 0.1) is 20.6 Å². The van der Waals surface area contributed by atoms with Crippen molar-refractivity contribution in [2.24, 2.45) is 0 Å². The summed E-state index contributed by atoms with van der Waals surface area (Å²) in [6.07, 6.45) is 8.63. The molecule has 21 heavy (non-hydrogen) atoms. The fourth-order valence-corrected chi connectivity index (χ4v) is 2.03. The molecule has 0 spiro atoms. The molecule has 0 aliphatic heterocycles. The highest BCUT2D eigenvalue weighted by Gasteiger charge is 2.20. The van der Waals surface area contributed by atoms with Crippen molar-refractivity contribution in [3.63, 3.8) is 0 Å². The molecule has 0 aliphatic rings. The van der Waals surface area contributed by atoms with Crippen molar-refractivity contribution < 1.29 is 14.0 Å². The molecule has 0 aromatic rings. The molecule has 0 saturated carbocycles. The van der Waals surface area contributed by atoms with Crippen molar-refractivity contribution in [2.45, 2.75) is 53.4 Å². The van der Waals surface area contributed by atoms with Crippen molar-refractivity contribution in [1.29, 1.82) is 0 Å². The van der Waals surface area contributed by atoms with Gasteiger partial charge in [-0.25, -0.2) is 4.79 Å². The number of hydrogen-bond donors (Lipinski definition) is 0. The van der Waals surface area contributed by atoms with E-state index >= 15 is 0 Å². The monoisotopic (exact) mass is 296 g/mol. The molecule has 0 N–H and O–H groups in total. The van der Waals surface area contributed by atoms with E-state index < -0.39 is 0 Å². The third-order valence-corrected chi connectivity index (χ3v) is 3.44. The summed E-state index contributed by atoms with van der Waals surface area (Å²) in [5.74, 6) is -0.107. The third-order valence-electron chi connectivity index (χ3n) is 3.44. The van der Waals surface area contributed by atoms with Crippen molar-refractivity contribution in [1.82, 2.24) is 0 Å². The summed E-state index contributed by atoms with van der Waals surface area (Å²) in [5.41, 5.74) is 2.63. The van der Waals surface area contributed by atoms with Gasteiger partial charge in [0.25, 0.3) is 0 Å². The number of allylic oxidation sites excluding steroid dienone is 3. The average Bonchev–Trinajstić information content (AvgIpc) is 2.35. The van der Waals surface area contributed by atoms with Crippen LogP contribution in [0.25, 0.3) is 0 Å². The van der Waals surface area contributed by atoms with E-state index in [2.05, 4.69) is 47.9 Å². The zero-order chi connectivity index (χ0) is 16.3. The lowest BCUT2D eigenvalue weighted by molar-refractivity contribution is -0.883. The zero-order valence-electron chi connectivity index (χ0n) is 14.9. The molecule has 122 valence electrons. The van der Waals surface area contributed by atoms with Crippen LogP contribution in [0.2, 0.25) is 0 Å². The van der Waals surface area contributed by atoms with E-state index in [1.165, 1.54) is 11.1 Å². The maximum Gasteiger partial charge on any atom is 0.362 e. The third kappa shape index (κ3) is 12.4.